The Balaban J connectivity index is 1.57. The lowest BCUT2D eigenvalue weighted by molar-refractivity contribution is 0.0967. The van der Waals surface area contributed by atoms with Crippen LogP contribution in [-0.2, 0) is 0 Å². The number of hydrogen-bond acceptors (Lipinski definition) is 3. The lowest BCUT2D eigenvalue weighted by Crippen LogP contribution is -2.13. The number of halogens is 2. The second-order valence-corrected chi connectivity index (χ2v) is 6.69. The summed E-state index contributed by atoms with van der Waals surface area (Å²) in [7, 11) is 0. The summed E-state index contributed by atoms with van der Waals surface area (Å²) in [6.07, 6.45) is 5.03. The van der Waals surface area contributed by atoms with Crippen LogP contribution in [-0.4, -0.2) is 15.3 Å². The fourth-order valence-corrected chi connectivity index (χ4v) is 3.93. The van der Waals surface area contributed by atoms with Crippen LogP contribution in [0.2, 0.25) is 5.02 Å². The lowest BCUT2D eigenvalue weighted by atomic mass is 9.96. The first kappa shape index (κ1) is 15.3. The number of rotatable bonds is 3. The number of aromatic nitrogens is 2. The van der Waals surface area contributed by atoms with Crippen molar-refractivity contribution in [3.8, 4) is 11.3 Å². The highest BCUT2D eigenvalue weighted by Crippen LogP contribution is 2.41. The molecule has 2 aromatic heterocycles. The SMILES string of the molecule is O=C(CC1c2ccccc2-c2cncn21)c1cc2ccoc2c(Cl)c1F. The molecule has 1 atom stereocenters. The summed E-state index contributed by atoms with van der Waals surface area (Å²) < 4.78 is 21.8. The van der Waals surface area contributed by atoms with Crippen molar-refractivity contribution in [3.63, 3.8) is 0 Å². The Morgan fingerprint density at radius 2 is 2.15 bits per heavy atom. The topological polar surface area (TPSA) is 48.0 Å². The first-order chi connectivity index (χ1) is 12.6. The number of benzene rings is 2. The number of hydrogen-bond donors (Lipinski definition) is 0. The van der Waals surface area contributed by atoms with Crippen LogP contribution in [0.5, 0.6) is 0 Å². The van der Waals surface area contributed by atoms with Gasteiger partial charge in [0.05, 0.1) is 36.1 Å². The van der Waals surface area contributed by atoms with Gasteiger partial charge in [-0.15, -0.1) is 0 Å². The fraction of sp³-hybridized carbons (Fsp3) is 0.100. The van der Waals surface area contributed by atoms with Crippen molar-refractivity contribution in [2.24, 2.45) is 0 Å². The summed E-state index contributed by atoms with van der Waals surface area (Å²) in [5.41, 5.74) is 3.28. The first-order valence-corrected chi connectivity index (χ1v) is 8.52. The molecule has 1 aliphatic heterocycles. The van der Waals surface area contributed by atoms with Crippen LogP contribution in [0.25, 0.3) is 22.2 Å². The minimum atomic E-state index is -0.740. The van der Waals surface area contributed by atoms with Crippen molar-refractivity contribution < 1.29 is 13.6 Å². The summed E-state index contributed by atoms with van der Waals surface area (Å²) in [5, 5.41) is 0.445. The van der Waals surface area contributed by atoms with Gasteiger partial charge in [0.2, 0.25) is 0 Å². The zero-order chi connectivity index (χ0) is 17.8. The van der Waals surface area contributed by atoms with Crippen molar-refractivity contribution >= 4 is 28.4 Å². The van der Waals surface area contributed by atoms with Crippen LogP contribution in [0.3, 0.4) is 0 Å². The van der Waals surface area contributed by atoms with Gasteiger partial charge in [-0.05, 0) is 17.7 Å². The van der Waals surface area contributed by atoms with Crippen LogP contribution < -0.4 is 0 Å². The molecular weight excluding hydrogens is 355 g/mol. The molecule has 3 heterocycles. The average Bonchev–Trinajstić information content (AvgIpc) is 3.36. The Morgan fingerprint density at radius 3 is 3.04 bits per heavy atom. The second kappa shape index (κ2) is 5.54. The van der Waals surface area contributed by atoms with Gasteiger partial charge in [0.15, 0.2) is 17.2 Å². The van der Waals surface area contributed by atoms with Gasteiger partial charge in [0.25, 0.3) is 0 Å². The molecule has 0 aliphatic carbocycles. The van der Waals surface area contributed by atoms with Crippen molar-refractivity contribution in [2.75, 3.05) is 0 Å². The predicted octanol–water partition coefficient (Wildman–Crippen LogP) is 5.26. The molecule has 5 rings (SSSR count). The Bertz CT molecular complexity index is 1180. The third kappa shape index (κ3) is 2.07. The number of Topliss-reactive ketones (excluding diaryl/α,β-unsaturated/α-hetero) is 1. The van der Waals surface area contributed by atoms with Gasteiger partial charge >= 0.3 is 0 Å². The molecule has 4 nitrogen and oxygen atoms in total. The quantitative estimate of drug-likeness (QED) is 0.464. The van der Waals surface area contributed by atoms with Gasteiger partial charge in [0.1, 0.15) is 5.02 Å². The zero-order valence-corrected chi connectivity index (χ0v) is 14.2. The second-order valence-electron chi connectivity index (χ2n) is 6.31. The van der Waals surface area contributed by atoms with E-state index in [-0.39, 0.29) is 34.4 Å². The normalized spacial score (nSPS) is 15.2. The van der Waals surface area contributed by atoms with E-state index in [1.54, 1.807) is 18.6 Å². The van der Waals surface area contributed by atoms with E-state index in [0.717, 1.165) is 16.8 Å². The number of ketones is 1. The highest BCUT2D eigenvalue weighted by Gasteiger charge is 2.31. The predicted molar refractivity (Wildman–Crippen MR) is 95.9 cm³/mol. The Labute approximate surface area is 152 Å². The van der Waals surface area contributed by atoms with Crippen LogP contribution in [0, 0.1) is 5.82 Å². The summed E-state index contributed by atoms with van der Waals surface area (Å²) >= 11 is 6.04. The molecule has 128 valence electrons. The van der Waals surface area contributed by atoms with Crippen LogP contribution >= 0.6 is 11.6 Å². The maximum atomic E-state index is 14.6. The van der Waals surface area contributed by atoms with E-state index >= 15 is 0 Å². The molecule has 4 aromatic rings. The summed E-state index contributed by atoms with van der Waals surface area (Å²) in [4.78, 5) is 17.1. The van der Waals surface area contributed by atoms with Crippen molar-refractivity contribution in [1.82, 2.24) is 9.55 Å². The van der Waals surface area contributed by atoms with E-state index in [1.807, 2.05) is 28.8 Å². The molecule has 0 bridgehead atoms. The van der Waals surface area contributed by atoms with E-state index < -0.39 is 5.82 Å². The molecule has 6 heteroatoms. The molecule has 0 fully saturated rings. The summed E-state index contributed by atoms with van der Waals surface area (Å²) in [6, 6.07) is 10.8. The van der Waals surface area contributed by atoms with Crippen molar-refractivity contribution in [3.05, 3.63) is 77.2 Å². The summed E-state index contributed by atoms with van der Waals surface area (Å²) in [6.45, 7) is 0. The lowest BCUT2D eigenvalue weighted by Gasteiger charge is -2.14. The molecule has 0 amide bonds. The van der Waals surface area contributed by atoms with Crippen LogP contribution in [0.15, 0.2) is 59.6 Å². The van der Waals surface area contributed by atoms with E-state index in [2.05, 4.69) is 4.98 Å². The molecule has 26 heavy (non-hydrogen) atoms. The molecular formula is C20H12ClFN2O2. The minimum Gasteiger partial charge on any atom is -0.463 e. The number of fused-ring (bicyclic) bond motifs is 4. The molecule has 0 radical (unpaired) electrons. The minimum absolute atomic E-state index is 0.0186. The van der Waals surface area contributed by atoms with Crippen molar-refractivity contribution in [1.29, 1.82) is 0 Å². The highest BCUT2D eigenvalue weighted by atomic mass is 35.5. The third-order valence-electron chi connectivity index (χ3n) is 4.90. The Kier molecular flexibility index (Phi) is 3.27. The maximum Gasteiger partial charge on any atom is 0.168 e. The smallest absolute Gasteiger partial charge is 0.168 e. The Morgan fingerprint density at radius 1 is 1.31 bits per heavy atom. The maximum absolute atomic E-state index is 14.6. The first-order valence-electron chi connectivity index (χ1n) is 8.14. The largest absolute Gasteiger partial charge is 0.463 e. The van der Waals surface area contributed by atoms with Gasteiger partial charge in [-0.2, -0.15) is 0 Å². The molecule has 1 unspecified atom stereocenters. The van der Waals surface area contributed by atoms with Crippen LogP contribution in [0.4, 0.5) is 4.39 Å². The van der Waals surface area contributed by atoms with E-state index in [9.17, 15) is 9.18 Å². The van der Waals surface area contributed by atoms with Gasteiger partial charge in [0, 0.05) is 17.4 Å². The monoisotopic (exact) mass is 366 g/mol. The highest BCUT2D eigenvalue weighted by molar-refractivity contribution is 6.35. The number of imidazole rings is 1. The molecule has 0 saturated carbocycles. The van der Waals surface area contributed by atoms with E-state index in [0.29, 0.717) is 5.39 Å². The number of nitrogens with zero attached hydrogens (tertiary/aromatic N) is 2. The third-order valence-corrected chi connectivity index (χ3v) is 5.24. The summed E-state index contributed by atoms with van der Waals surface area (Å²) in [5.74, 6) is -1.05. The van der Waals surface area contributed by atoms with E-state index in [4.69, 9.17) is 16.0 Å². The van der Waals surface area contributed by atoms with Gasteiger partial charge in [-0.25, -0.2) is 9.37 Å². The van der Waals surface area contributed by atoms with Gasteiger partial charge in [-0.3, -0.25) is 4.79 Å². The molecule has 2 aromatic carbocycles. The van der Waals surface area contributed by atoms with Gasteiger partial charge < -0.3 is 8.98 Å². The number of furan rings is 1. The number of carbonyl (C=O) groups excluding carboxylic acids is 1. The standard InChI is InChI=1S/C20H12ClFN2O2/c21-18-19(22)14(7-11-5-6-26-20(11)18)17(25)8-15-12-3-1-2-4-13(12)16-9-23-10-24(15)16/h1-7,9-10,15H,8H2. The Hall–Kier alpha value is -2.92. The van der Waals surface area contributed by atoms with Crippen LogP contribution in [0.1, 0.15) is 28.4 Å². The number of carbonyl (C=O) groups is 1. The molecule has 0 saturated heterocycles. The zero-order valence-electron chi connectivity index (χ0n) is 13.4. The average molecular weight is 367 g/mol. The fourth-order valence-electron chi connectivity index (χ4n) is 3.68. The molecule has 1 aliphatic rings. The molecule has 0 spiro atoms. The van der Waals surface area contributed by atoms with Gasteiger partial charge in [-0.1, -0.05) is 35.9 Å². The van der Waals surface area contributed by atoms with Crippen molar-refractivity contribution in [2.45, 2.75) is 12.5 Å². The molecule has 0 N–H and O–H groups in total. The van der Waals surface area contributed by atoms with E-state index in [1.165, 1.54) is 12.3 Å².